The lowest BCUT2D eigenvalue weighted by Crippen LogP contribution is -2.23. The summed E-state index contributed by atoms with van der Waals surface area (Å²) in [6, 6.07) is 4.97. The molecule has 3 nitrogen and oxygen atoms in total. The van der Waals surface area contributed by atoms with Crippen LogP contribution in [0.25, 0.3) is 0 Å². The molecule has 0 aromatic heterocycles. The number of ether oxygens (including phenoxy) is 1. The van der Waals surface area contributed by atoms with E-state index in [0.717, 1.165) is 0 Å². The number of carbonyl (C=O) groups is 1. The second kappa shape index (κ2) is 4.23. The maximum absolute atomic E-state index is 11.6. The molecule has 0 aliphatic carbocycles. The van der Waals surface area contributed by atoms with Crippen LogP contribution in [0.2, 0.25) is 0 Å². The Morgan fingerprint density at radius 1 is 1.40 bits per heavy atom. The molecule has 0 atom stereocenters. The summed E-state index contributed by atoms with van der Waals surface area (Å²) in [7, 11) is 0. The smallest absolute Gasteiger partial charge is 0.338 e. The first-order chi connectivity index (χ1) is 6.79. The number of benzene rings is 1. The third-order valence-electron chi connectivity index (χ3n) is 1.64. The number of esters is 1. The van der Waals surface area contributed by atoms with Crippen LogP contribution in [0, 0.1) is 0 Å². The molecule has 2 N–H and O–H groups in total. The van der Waals surface area contributed by atoms with Crippen molar-refractivity contribution in [3.8, 4) is 0 Å². The second-order valence-electron chi connectivity index (χ2n) is 4.24. The van der Waals surface area contributed by atoms with Crippen LogP contribution in [-0.2, 0) is 4.74 Å². The first-order valence-electron chi connectivity index (χ1n) is 4.58. The van der Waals surface area contributed by atoms with Gasteiger partial charge in [0.05, 0.1) is 5.56 Å². The van der Waals surface area contributed by atoms with E-state index >= 15 is 0 Å². The van der Waals surface area contributed by atoms with Crippen LogP contribution < -0.4 is 5.73 Å². The molecule has 0 fully saturated rings. The minimum atomic E-state index is -0.481. The fraction of sp³-hybridized carbons (Fsp3) is 0.364. The van der Waals surface area contributed by atoms with Crippen molar-refractivity contribution in [1.82, 2.24) is 0 Å². The Balaban J connectivity index is 2.88. The predicted octanol–water partition coefficient (Wildman–Crippen LogP) is 2.99. The molecule has 0 saturated carbocycles. The number of hydrogen-bond acceptors (Lipinski definition) is 3. The van der Waals surface area contributed by atoms with E-state index in [2.05, 4.69) is 15.9 Å². The molecule has 0 heterocycles. The van der Waals surface area contributed by atoms with Gasteiger partial charge in [0, 0.05) is 10.2 Å². The molecule has 82 valence electrons. The number of rotatable bonds is 1. The van der Waals surface area contributed by atoms with Gasteiger partial charge in [-0.3, -0.25) is 0 Å². The van der Waals surface area contributed by atoms with E-state index < -0.39 is 5.60 Å². The summed E-state index contributed by atoms with van der Waals surface area (Å²) < 4.78 is 5.92. The zero-order chi connectivity index (χ0) is 11.6. The van der Waals surface area contributed by atoms with Crippen molar-refractivity contribution in [3.05, 3.63) is 28.2 Å². The van der Waals surface area contributed by atoms with E-state index in [0.29, 0.717) is 15.7 Å². The summed E-state index contributed by atoms with van der Waals surface area (Å²) in [6.07, 6.45) is 0. The SMILES string of the molecule is CC(C)(C)OC(=O)c1ccc(N)c(Br)c1. The molecule has 0 saturated heterocycles. The Bertz CT molecular complexity index is 383. The van der Waals surface area contributed by atoms with Crippen molar-refractivity contribution in [1.29, 1.82) is 0 Å². The molecule has 0 bridgehead atoms. The first kappa shape index (κ1) is 12.0. The zero-order valence-electron chi connectivity index (χ0n) is 9.00. The first-order valence-corrected chi connectivity index (χ1v) is 5.37. The largest absolute Gasteiger partial charge is 0.456 e. The summed E-state index contributed by atoms with van der Waals surface area (Å²) in [5, 5.41) is 0. The summed E-state index contributed by atoms with van der Waals surface area (Å²) >= 11 is 3.26. The summed E-state index contributed by atoms with van der Waals surface area (Å²) in [5.74, 6) is -0.344. The predicted molar refractivity (Wildman–Crippen MR) is 63.7 cm³/mol. The van der Waals surface area contributed by atoms with Crippen LogP contribution in [0.15, 0.2) is 22.7 Å². The van der Waals surface area contributed by atoms with E-state index in [1.54, 1.807) is 18.2 Å². The van der Waals surface area contributed by atoms with E-state index in [9.17, 15) is 4.79 Å². The third-order valence-corrected chi connectivity index (χ3v) is 2.32. The highest BCUT2D eigenvalue weighted by Crippen LogP contribution is 2.22. The number of halogens is 1. The minimum absolute atomic E-state index is 0.344. The maximum atomic E-state index is 11.6. The lowest BCUT2D eigenvalue weighted by atomic mass is 10.1. The van der Waals surface area contributed by atoms with Gasteiger partial charge in [-0.15, -0.1) is 0 Å². The van der Waals surface area contributed by atoms with Gasteiger partial charge in [0.2, 0.25) is 0 Å². The highest BCUT2D eigenvalue weighted by atomic mass is 79.9. The van der Waals surface area contributed by atoms with Crippen LogP contribution in [0.3, 0.4) is 0 Å². The van der Waals surface area contributed by atoms with Crippen LogP contribution in [0.1, 0.15) is 31.1 Å². The normalized spacial score (nSPS) is 11.2. The van der Waals surface area contributed by atoms with Gasteiger partial charge >= 0.3 is 5.97 Å². The van der Waals surface area contributed by atoms with E-state index in [1.807, 2.05) is 20.8 Å². The van der Waals surface area contributed by atoms with Crippen molar-refractivity contribution in [2.75, 3.05) is 5.73 Å². The quantitative estimate of drug-likeness (QED) is 0.631. The molecular weight excluding hydrogens is 258 g/mol. The minimum Gasteiger partial charge on any atom is -0.456 e. The summed E-state index contributed by atoms with van der Waals surface area (Å²) in [4.78, 5) is 11.6. The molecule has 0 aliphatic rings. The van der Waals surface area contributed by atoms with Crippen molar-refractivity contribution >= 4 is 27.6 Å². The van der Waals surface area contributed by atoms with Crippen LogP contribution in [0.5, 0.6) is 0 Å². The van der Waals surface area contributed by atoms with Crippen molar-refractivity contribution in [2.24, 2.45) is 0 Å². The molecule has 15 heavy (non-hydrogen) atoms. The maximum Gasteiger partial charge on any atom is 0.338 e. The molecule has 4 heteroatoms. The van der Waals surface area contributed by atoms with Crippen molar-refractivity contribution < 1.29 is 9.53 Å². The Morgan fingerprint density at radius 3 is 2.47 bits per heavy atom. The molecule has 0 spiro atoms. The van der Waals surface area contributed by atoms with Crippen LogP contribution >= 0.6 is 15.9 Å². The topological polar surface area (TPSA) is 52.3 Å². The summed E-state index contributed by atoms with van der Waals surface area (Å²) in [5.41, 5.74) is 6.23. The molecular formula is C11H14BrNO2. The molecule has 1 aromatic carbocycles. The Kier molecular flexibility index (Phi) is 3.39. The molecule has 0 unspecified atom stereocenters. The summed E-state index contributed by atoms with van der Waals surface area (Å²) in [6.45, 7) is 5.49. The zero-order valence-corrected chi connectivity index (χ0v) is 10.6. The number of nitrogen functional groups attached to an aromatic ring is 1. The number of hydrogen-bond donors (Lipinski definition) is 1. The number of anilines is 1. The Hall–Kier alpha value is -1.03. The van der Waals surface area contributed by atoms with Gasteiger partial charge in [0.25, 0.3) is 0 Å². The van der Waals surface area contributed by atoms with Gasteiger partial charge in [0.1, 0.15) is 5.60 Å². The monoisotopic (exact) mass is 271 g/mol. The second-order valence-corrected chi connectivity index (χ2v) is 5.09. The van der Waals surface area contributed by atoms with Crippen LogP contribution in [-0.4, -0.2) is 11.6 Å². The fourth-order valence-corrected chi connectivity index (χ4v) is 1.37. The van der Waals surface area contributed by atoms with E-state index in [1.165, 1.54) is 0 Å². The molecule has 0 amide bonds. The lowest BCUT2D eigenvalue weighted by Gasteiger charge is -2.19. The number of nitrogens with two attached hydrogens (primary N) is 1. The lowest BCUT2D eigenvalue weighted by molar-refractivity contribution is 0.00695. The van der Waals surface area contributed by atoms with Gasteiger partial charge in [-0.1, -0.05) is 0 Å². The number of carbonyl (C=O) groups excluding carboxylic acids is 1. The van der Waals surface area contributed by atoms with Gasteiger partial charge in [0.15, 0.2) is 0 Å². The van der Waals surface area contributed by atoms with Gasteiger partial charge in [-0.25, -0.2) is 4.79 Å². The average Bonchev–Trinajstić information content (AvgIpc) is 2.06. The van der Waals surface area contributed by atoms with Crippen LogP contribution in [0.4, 0.5) is 5.69 Å². The van der Waals surface area contributed by atoms with E-state index in [-0.39, 0.29) is 5.97 Å². The standard InChI is InChI=1S/C11H14BrNO2/c1-11(2,3)15-10(14)7-4-5-9(13)8(12)6-7/h4-6H,13H2,1-3H3. The van der Waals surface area contributed by atoms with Gasteiger partial charge in [-0.05, 0) is 54.9 Å². The Morgan fingerprint density at radius 2 is 2.00 bits per heavy atom. The molecule has 1 aromatic rings. The van der Waals surface area contributed by atoms with E-state index in [4.69, 9.17) is 10.5 Å². The molecule has 0 radical (unpaired) electrons. The highest BCUT2D eigenvalue weighted by Gasteiger charge is 2.18. The molecule has 1 rings (SSSR count). The van der Waals surface area contributed by atoms with Gasteiger partial charge in [-0.2, -0.15) is 0 Å². The van der Waals surface area contributed by atoms with Crippen molar-refractivity contribution in [2.45, 2.75) is 26.4 Å². The Labute approximate surface area is 97.7 Å². The highest BCUT2D eigenvalue weighted by molar-refractivity contribution is 9.10. The third kappa shape index (κ3) is 3.55. The van der Waals surface area contributed by atoms with Gasteiger partial charge < -0.3 is 10.5 Å². The fourth-order valence-electron chi connectivity index (χ4n) is 0.991. The average molecular weight is 272 g/mol. The van der Waals surface area contributed by atoms with Crippen molar-refractivity contribution in [3.63, 3.8) is 0 Å². The molecule has 0 aliphatic heterocycles.